The van der Waals surface area contributed by atoms with Crippen molar-refractivity contribution in [3.8, 4) is 0 Å². The van der Waals surface area contributed by atoms with Crippen LogP contribution in [-0.2, 0) is 24.9 Å². The summed E-state index contributed by atoms with van der Waals surface area (Å²) >= 11 is 0. The number of likely N-dealkylation sites (N-methyl/N-ethyl adjacent to an activating group) is 1. The molecule has 28 heavy (non-hydrogen) atoms. The Hall–Kier alpha value is -2.32. The number of carbonyl (C=O) groups excluding carboxylic acids is 1. The van der Waals surface area contributed by atoms with Gasteiger partial charge in [0.25, 0.3) is 5.91 Å². The van der Waals surface area contributed by atoms with E-state index < -0.39 is 23.1 Å². The quantitative estimate of drug-likeness (QED) is 0.817. The standard InChI is InChI=1S/C20H26F2N4O2/c1-14-16(11-25(3)23-14)10-24(2)13-20(28)8-5-9-26(19(20)27)12-15-6-4-7-17(21)18(15)22/h4,6-7,11,28H,5,8-10,12-13H2,1-3H3. The van der Waals surface area contributed by atoms with Crippen LogP contribution in [0.25, 0.3) is 0 Å². The maximum Gasteiger partial charge on any atom is 0.256 e. The normalized spacial score (nSPS) is 20.2. The number of benzene rings is 1. The number of amides is 1. The lowest BCUT2D eigenvalue weighted by Gasteiger charge is -2.40. The van der Waals surface area contributed by atoms with E-state index >= 15 is 0 Å². The highest BCUT2D eigenvalue weighted by molar-refractivity contribution is 5.86. The van der Waals surface area contributed by atoms with Crippen molar-refractivity contribution in [3.05, 3.63) is 52.9 Å². The second kappa shape index (κ2) is 7.97. The van der Waals surface area contributed by atoms with E-state index in [1.165, 1.54) is 17.0 Å². The molecule has 0 aliphatic carbocycles. The Morgan fingerprint density at radius 3 is 2.75 bits per heavy atom. The fourth-order valence-corrected chi connectivity index (χ4v) is 3.84. The average molecular weight is 392 g/mol. The van der Waals surface area contributed by atoms with Gasteiger partial charge < -0.3 is 10.0 Å². The number of hydrogen-bond acceptors (Lipinski definition) is 4. The molecule has 6 nitrogen and oxygen atoms in total. The van der Waals surface area contributed by atoms with Gasteiger partial charge in [0.2, 0.25) is 0 Å². The second-order valence-corrected chi connectivity index (χ2v) is 7.66. The van der Waals surface area contributed by atoms with Crippen molar-refractivity contribution in [1.29, 1.82) is 0 Å². The van der Waals surface area contributed by atoms with Gasteiger partial charge in [0.15, 0.2) is 17.2 Å². The van der Waals surface area contributed by atoms with Crippen molar-refractivity contribution in [2.75, 3.05) is 20.1 Å². The van der Waals surface area contributed by atoms with Crippen LogP contribution >= 0.6 is 0 Å². The maximum absolute atomic E-state index is 14.0. The third-order valence-electron chi connectivity index (χ3n) is 5.18. The molecule has 1 N–H and O–H groups in total. The molecule has 0 radical (unpaired) electrons. The van der Waals surface area contributed by atoms with E-state index in [0.717, 1.165) is 17.3 Å². The molecule has 1 aliphatic rings. The van der Waals surface area contributed by atoms with Crippen molar-refractivity contribution in [2.45, 2.75) is 38.5 Å². The van der Waals surface area contributed by atoms with E-state index in [9.17, 15) is 18.7 Å². The van der Waals surface area contributed by atoms with Crippen LogP contribution in [0.5, 0.6) is 0 Å². The highest BCUT2D eigenvalue weighted by Crippen LogP contribution is 2.26. The topological polar surface area (TPSA) is 61.6 Å². The summed E-state index contributed by atoms with van der Waals surface area (Å²) in [6, 6.07) is 3.91. The van der Waals surface area contributed by atoms with Crippen LogP contribution in [0.4, 0.5) is 8.78 Å². The minimum atomic E-state index is -1.55. The molecule has 8 heteroatoms. The van der Waals surface area contributed by atoms with Gasteiger partial charge in [0.1, 0.15) is 0 Å². The summed E-state index contributed by atoms with van der Waals surface area (Å²) in [6.07, 6.45) is 2.85. The predicted octanol–water partition coefficient (Wildman–Crippen LogP) is 1.99. The molecule has 1 fully saturated rings. The Labute approximate surface area is 163 Å². The minimum Gasteiger partial charge on any atom is -0.379 e. The number of aliphatic hydroxyl groups is 1. The third kappa shape index (κ3) is 4.23. The highest BCUT2D eigenvalue weighted by atomic mass is 19.2. The van der Waals surface area contributed by atoms with Crippen molar-refractivity contribution in [1.82, 2.24) is 19.6 Å². The Morgan fingerprint density at radius 2 is 2.07 bits per heavy atom. The molecule has 1 aliphatic heterocycles. The molecular weight excluding hydrogens is 366 g/mol. The van der Waals surface area contributed by atoms with Gasteiger partial charge in [-0.15, -0.1) is 0 Å². The van der Waals surface area contributed by atoms with Crippen LogP contribution in [0.2, 0.25) is 0 Å². The molecule has 2 aromatic rings. The molecule has 1 saturated heterocycles. The second-order valence-electron chi connectivity index (χ2n) is 7.66. The summed E-state index contributed by atoms with van der Waals surface area (Å²) in [7, 11) is 3.68. The number of aromatic nitrogens is 2. The van der Waals surface area contributed by atoms with Gasteiger partial charge in [-0.1, -0.05) is 12.1 Å². The maximum atomic E-state index is 14.0. The van der Waals surface area contributed by atoms with Gasteiger partial charge in [-0.05, 0) is 32.9 Å². The molecule has 0 saturated carbocycles. The Morgan fingerprint density at radius 1 is 1.32 bits per heavy atom. The first-order chi connectivity index (χ1) is 13.2. The lowest BCUT2D eigenvalue weighted by molar-refractivity contribution is -0.160. The monoisotopic (exact) mass is 392 g/mol. The number of halogens is 2. The van der Waals surface area contributed by atoms with Crippen LogP contribution < -0.4 is 0 Å². The van der Waals surface area contributed by atoms with Gasteiger partial charge in [0.05, 0.1) is 5.69 Å². The Kier molecular flexibility index (Phi) is 5.81. The SMILES string of the molecule is Cc1nn(C)cc1CN(C)CC1(O)CCCN(Cc2cccc(F)c2F)C1=O. The van der Waals surface area contributed by atoms with Gasteiger partial charge in [0, 0.05) is 50.6 Å². The van der Waals surface area contributed by atoms with Crippen molar-refractivity contribution in [3.63, 3.8) is 0 Å². The summed E-state index contributed by atoms with van der Waals surface area (Å²) in [5.74, 6) is -2.34. The Balaban J connectivity index is 1.69. The fourth-order valence-electron chi connectivity index (χ4n) is 3.84. The molecule has 0 bridgehead atoms. The molecular formula is C20H26F2N4O2. The molecule has 1 unspecified atom stereocenters. The van der Waals surface area contributed by atoms with Gasteiger partial charge >= 0.3 is 0 Å². The van der Waals surface area contributed by atoms with Crippen LogP contribution in [0.1, 0.15) is 29.7 Å². The zero-order chi connectivity index (χ0) is 20.5. The average Bonchev–Trinajstić information content (AvgIpc) is 2.93. The summed E-state index contributed by atoms with van der Waals surface area (Å²) in [4.78, 5) is 16.2. The number of nitrogens with zero attached hydrogens (tertiary/aromatic N) is 4. The molecule has 152 valence electrons. The van der Waals surface area contributed by atoms with Crippen LogP contribution in [0.15, 0.2) is 24.4 Å². The summed E-state index contributed by atoms with van der Waals surface area (Å²) < 4.78 is 29.2. The van der Waals surface area contributed by atoms with E-state index in [-0.39, 0.29) is 18.7 Å². The van der Waals surface area contributed by atoms with Crippen LogP contribution in [-0.4, -0.2) is 56.3 Å². The molecule has 1 aromatic carbocycles. The first-order valence-corrected chi connectivity index (χ1v) is 9.32. The molecule has 2 heterocycles. The summed E-state index contributed by atoms with van der Waals surface area (Å²) in [6.45, 7) is 2.97. The van der Waals surface area contributed by atoms with Crippen LogP contribution in [0.3, 0.4) is 0 Å². The molecule has 0 spiro atoms. The summed E-state index contributed by atoms with van der Waals surface area (Å²) in [5.41, 5.74) is 0.486. The first-order valence-electron chi connectivity index (χ1n) is 9.32. The molecule has 1 amide bonds. The number of piperidine rings is 1. The predicted molar refractivity (Wildman–Crippen MR) is 100 cm³/mol. The van der Waals surface area contributed by atoms with Crippen molar-refractivity contribution >= 4 is 5.91 Å². The summed E-state index contributed by atoms with van der Waals surface area (Å²) in [5, 5.41) is 15.3. The van der Waals surface area contributed by atoms with Crippen LogP contribution in [0, 0.1) is 18.6 Å². The van der Waals surface area contributed by atoms with E-state index in [1.807, 2.05) is 32.1 Å². The number of likely N-dealkylation sites (tertiary alicyclic amines) is 1. The molecule has 3 rings (SSSR count). The van der Waals surface area contributed by atoms with Gasteiger partial charge in [-0.2, -0.15) is 5.10 Å². The smallest absolute Gasteiger partial charge is 0.256 e. The Bertz CT molecular complexity index is 870. The molecule has 1 aromatic heterocycles. The van der Waals surface area contributed by atoms with E-state index in [4.69, 9.17) is 0 Å². The first kappa shape index (κ1) is 20.4. The minimum absolute atomic E-state index is 0.0594. The third-order valence-corrected chi connectivity index (χ3v) is 5.18. The lowest BCUT2D eigenvalue weighted by atomic mass is 9.90. The van der Waals surface area contributed by atoms with E-state index in [0.29, 0.717) is 25.9 Å². The van der Waals surface area contributed by atoms with E-state index in [2.05, 4.69) is 5.10 Å². The lowest BCUT2D eigenvalue weighted by Crippen LogP contribution is -2.57. The van der Waals surface area contributed by atoms with Gasteiger partial charge in [-0.3, -0.25) is 14.4 Å². The van der Waals surface area contributed by atoms with Gasteiger partial charge in [-0.25, -0.2) is 8.78 Å². The fraction of sp³-hybridized carbons (Fsp3) is 0.500. The molecule has 1 atom stereocenters. The number of carbonyl (C=O) groups is 1. The number of hydrogen-bond donors (Lipinski definition) is 1. The van der Waals surface area contributed by atoms with Crippen molar-refractivity contribution in [2.24, 2.45) is 7.05 Å². The van der Waals surface area contributed by atoms with E-state index in [1.54, 1.807) is 4.68 Å². The highest BCUT2D eigenvalue weighted by Gasteiger charge is 2.43. The zero-order valence-corrected chi connectivity index (χ0v) is 16.5. The largest absolute Gasteiger partial charge is 0.379 e. The van der Waals surface area contributed by atoms with Crippen molar-refractivity contribution < 1.29 is 18.7 Å². The number of aryl methyl sites for hydroxylation is 2. The zero-order valence-electron chi connectivity index (χ0n) is 16.5. The number of rotatable bonds is 6.